The van der Waals surface area contributed by atoms with Crippen LogP contribution in [0.4, 0.5) is 0 Å². The molecule has 3 rings (SSSR count). The van der Waals surface area contributed by atoms with Gasteiger partial charge < -0.3 is 9.88 Å². The van der Waals surface area contributed by atoms with E-state index in [4.69, 9.17) is 0 Å². The van der Waals surface area contributed by atoms with Gasteiger partial charge in [0, 0.05) is 23.5 Å². The van der Waals surface area contributed by atoms with Crippen molar-refractivity contribution in [1.82, 2.24) is 14.9 Å². The molecular formula is C14H23N3S. The number of aromatic nitrogens is 2. The number of nitrogens with zero attached hydrogens (tertiary/aromatic N) is 2. The Kier molecular flexibility index (Phi) is 3.66. The monoisotopic (exact) mass is 265 g/mol. The van der Waals surface area contributed by atoms with Crippen LogP contribution in [0, 0.1) is 0 Å². The smallest absolute Gasteiger partial charge is 0.0949 e. The molecule has 1 aliphatic carbocycles. The van der Waals surface area contributed by atoms with E-state index in [1.807, 2.05) is 6.33 Å². The van der Waals surface area contributed by atoms with E-state index < -0.39 is 0 Å². The van der Waals surface area contributed by atoms with Crippen molar-refractivity contribution < 1.29 is 0 Å². The highest BCUT2D eigenvalue weighted by atomic mass is 32.2. The van der Waals surface area contributed by atoms with Crippen LogP contribution in [0.1, 0.15) is 50.3 Å². The molecule has 4 heteroatoms. The first kappa shape index (κ1) is 12.5. The maximum absolute atomic E-state index is 4.39. The summed E-state index contributed by atoms with van der Waals surface area (Å²) < 4.78 is 2.87. The summed E-state index contributed by atoms with van der Waals surface area (Å²) in [7, 11) is 0. The Morgan fingerprint density at radius 3 is 2.94 bits per heavy atom. The van der Waals surface area contributed by atoms with Crippen LogP contribution in [0.25, 0.3) is 0 Å². The zero-order valence-electron chi connectivity index (χ0n) is 11.2. The summed E-state index contributed by atoms with van der Waals surface area (Å²) in [5.41, 5.74) is 1.40. The van der Waals surface area contributed by atoms with Crippen molar-refractivity contribution in [2.75, 3.05) is 12.8 Å². The molecule has 0 bridgehead atoms. The second kappa shape index (κ2) is 5.25. The van der Waals surface area contributed by atoms with Gasteiger partial charge in [-0.1, -0.05) is 12.8 Å². The van der Waals surface area contributed by atoms with E-state index in [1.165, 1.54) is 44.2 Å². The average Bonchev–Trinajstić information content (AvgIpc) is 3.10. The lowest BCUT2D eigenvalue weighted by Gasteiger charge is -2.28. The van der Waals surface area contributed by atoms with Gasteiger partial charge in [-0.25, -0.2) is 4.98 Å². The van der Waals surface area contributed by atoms with Crippen molar-refractivity contribution in [2.24, 2.45) is 0 Å². The van der Waals surface area contributed by atoms with Crippen LogP contribution in [-0.4, -0.2) is 27.1 Å². The minimum absolute atomic E-state index is 0.466. The molecular weight excluding hydrogens is 242 g/mol. The summed E-state index contributed by atoms with van der Waals surface area (Å²) in [5, 5.41) is 3.59. The van der Waals surface area contributed by atoms with Gasteiger partial charge in [0.05, 0.1) is 12.0 Å². The molecule has 2 fully saturated rings. The van der Waals surface area contributed by atoms with Crippen LogP contribution in [0.2, 0.25) is 0 Å². The lowest BCUT2D eigenvalue weighted by molar-refractivity contribution is 0.474. The lowest BCUT2D eigenvalue weighted by Crippen LogP contribution is -2.28. The fraction of sp³-hybridized carbons (Fsp3) is 0.786. The number of nitrogens with one attached hydrogen (secondary N) is 1. The number of thioether (sulfide) groups is 1. The lowest BCUT2D eigenvalue weighted by atomic mass is 10.1. The molecule has 3 nitrogen and oxygen atoms in total. The molecule has 1 aliphatic heterocycles. The normalized spacial score (nSPS) is 26.8. The molecule has 1 atom stereocenters. The molecule has 0 amide bonds. The molecule has 0 aromatic carbocycles. The third-order valence-corrected chi connectivity index (χ3v) is 5.97. The Bertz CT molecular complexity index is 389. The second-order valence-corrected chi connectivity index (χ2v) is 6.96. The van der Waals surface area contributed by atoms with Crippen LogP contribution >= 0.6 is 11.8 Å². The first-order valence-electron chi connectivity index (χ1n) is 7.12. The molecule has 100 valence electrons. The molecule has 0 unspecified atom stereocenters. The van der Waals surface area contributed by atoms with Crippen LogP contribution < -0.4 is 5.32 Å². The van der Waals surface area contributed by atoms with Gasteiger partial charge in [0.25, 0.3) is 0 Å². The molecule has 2 aliphatic rings. The van der Waals surface area contributed by atoms with Crippen LogP contribution in [0.5, 0.6) is 0 Å². The van der Waals surface area contributed by atoms with Crippen LogP contribution in [0.3, 0.4) is 0 Å². The Balaban J connectivity index is 1.77. The number of rotatable bonds is 4. The zero-order chi connectivity index (χ0) is 12.4. The zero-order valence-corrected chi connectivity index (χ0v) is 12.0. The van der Waals surface area contributed by atoms with E-state index in [1.54, 1.807) is 0 Å². The first-order valence-corrected chi connectivity index (χ1v) is 8.34. The summed E-state index contributed by atoms with van der Waals surface area (Å²) >= 11 is 2.06. The molecule has 2 heterocycles. The Hall–Kier alpha value is -0.480. The predicted octanol–water partition coefficient (Wildman–Crippen LogP) is 2.98. The van der Waals surface area contributed by atoms with E-state index in [9.17, 15) is 0 Å². The standard InChI is InChI=1S/C14H23N3S/c1-18-14(6-2-3-7-14)10-17-11-15-9-13(17)12-5-4-8-16-12/h9,11-12,16H,2-8,10H2,1H3/t12-/m0/s1. The van der Waals surface area contributed by atoms with Crippen LogP contribution in [-0.2, 0) is 6.54 Å². The summed E-state index contributed by atoms with van der Waals surface area (Å²) in [6, 6.07) is 0.535. The molecule has 1 N–H and O–H groups in total. The Morgan fingerprint density at radius 2 is 2.28 bits per heavy atom. The molecule has 1 saturated carbocycles. The summed E-state index contributed by atoms with van der Waals surface area (Å²) in [5.74, 6) is 0. The van der Waals surface area contributed by atoms with Gasteiger partial charge >= 0.3 is 0 Å². The Morgan fingerprint density at radius 1 is 1.44 bits per heavy atom. The van der Waals surface area contributed by atoms with Crippen molar-refractivity contribution >= 4 is 11.8 Å². The highest BCUT2D eigenvalue weighted by molar-refractivity contribution is 8.00. The largest absolute Gasteiger partial charge is 0.332 e. The predicted molar refractivity (Wildman–Crippen MR) is 76.9 cm³/mol. The van der Waals surface area contributed by atoms with Crippen molar-refractivity contribution in [3.63, 3.8) is 0 Å². The third-order valence-electron chi connectivity index (χ3n) is 4.57. The molecule has 1 aromatic rings. The van der Waals surface area contributed by atoms with Gasteiger partial charge in [-0.15, -0.1) is 0 Å². The number of imidazole rings is 1. The van der Waals surface area contributed by atoms with E-state index in [0.29, 0.717) is 10.8 Å². The number of hydrogen-bond donors (Lipinski definition) is 1. The molecule has 18 heavy (non-hydrogen) atoms. The van der Waals surface area contributed by atoms with Gasteiger partial charge in [0.2, 0.25) is 0 Å². The van der Waals surface area contributed by atoms with Crippen molar-refractivity contribution in [3.05, 3.63) is 18.2 Å². The van der Waals surface area contributed by atoms with Gasteiger partial charge in [-0.05, 0) is 38.5 Å². The highest BCUT2D eigenvalue weighted by Gasteiger charge is 2.34. The van der Waals surface area contributed by atoms with E-state index in [-0.39, 0.29) is 0 Å². The molecule has 0 spiro atoms. The van der Waals surface area contributed by atoms with Crippen molar-refractivity contribution in [3.8, 4) is 0 Å². The quantitative estimate of drug-likeness (QED) is 0.907. The summed E-state index contributed by atoms with van der Waals surface area (Å²) in [6.07, 6.45) is 14.4. The third kappa shape index (κ3) is 2.32. The maximum atomic E-state index is 4.39. The number of hydrogen-bond acceptors (Lipinski definition) is 3. The molecule has 0 radical (unpaired) electrons. The minimum Gasteiger partial charge on any atom is -0.332 e. The average molecular weight is 265 g/mol. The fourth-order valence-corrected chi connectivity index (χ4v) is 4.41. The van der Waals surface area contributed by atoms with Gasteiger partial charge in [0.15, 0.2) is 0 Å². The summed E-state index contributed by atoms with van der Waals surface area (Å²) in [4.78, 5) is 4.39. The Labute approximate surface area is 114 Å². The fourth-order valence-electron chi connectivity index (χ4n) is 3.45. The van der Waals surface area contributed by atoms with Crippen molar-refractivity contribution in [2.45, 2.75) is 55.9 Å². The SMILES string of the molecule is CSC1(Cn2cncc2[C@@H]2CCCN2)CCCC1. The van der Waals surface area contributed by atoms with E-state index >= 15 is 0 Å². The first-order chi connectivity index (χ1) is 8.83. The summed E-state index contributed by atoms with van der Waals surface area (Å²) in [6.45, 7) is 2.30. The highest BCUT2D eigenvalue weighted by Crippen LogP contribution is 2.42. The topological polar surface area (TPSA) is 29.9 Å². The van der Waals surface area contributed by atoms with Gasteiger partial charge in [-0.3, -0.25) is 0 Å². The molecule has 1 aromatic heterocycles. The second-order valence-electron chi connectivity index (χ2n) is 5.69. The van der Waals surface area contributed by atoms with E-state index in [2.05, 4.69) is 39.1 Å². The maximum Gasteiger partial charge on any atom is 0.0949 e. The van der Waals surface area contributed by atoms with Gasteiger partial charge in [0.1, 0.15) is 0 Å². The molecule has 1 saturated heterocycles. The van der Waals surface area contributed by atoms with Crippen LogP contribution in [0.15, 0.2) is 12.5 Å². The van der Waals surface area contributed by atoms with Crippen molar-refractivity contribution in [1.29, 1.82) is 0 Å². The van der Waals surface area contributed by atoms with Gasteiger partial charge in [-0.2, -0.15) is 11.8 Å². The van der Waals surface area contributed by atoms with E-state index in [0.717, 1.165) is 13.1 Å². The minimum atomic E-state index is 0.466.